The quantitative estimate of drug-likeness (QED) is 0.743. The zero-order valence-corrected chi connectivity index (χ0v) is 10.3. The van der Waals surface area contributed by atoms with Crippen molar-refractivity contribution in [3.63, 3.8) is 0 Å². The molecule has 1 aliphatic heterocycles. The highest BCUT2D eigenvalue weighted by molar-refractivity contribution is 5.63. The van der Waals surface area contributed by atoms with E-state index in [2.05, 4.69) is 0 Å². The van der Waals surface area contributed by atoms with Crippen molar-refractivity contribution in [1.29, 1.82) is 0 Å². The lowest BCUT2D eigenvalue weighted by molar-refractivity contribution is 0.353. The normalized spacial score (nSPS) is 15.4. The number of aromatic hydroxyl groups is 2. The van der Waals surface area contributed by atoms with Gasteiger partial charge in [-0.05, 0) is 12.1 Å². The van der Waals surface area contributed by atoms with Crippen LogP contribution in [0.2, 0.25) is 0 Å². The molecular weight excluding hydrogens is 228 g/mol. The Hall–Kier alpha value is -2.16. The summed E-state index contributed by atoms with van der Waals surface area (Å²) in [5.74, 6) is 1.04. The highest BCUT2D eigenvalue weighted by Crippen LogP contribution is 2.53. The van der Waals surface area contributed by atoms with Gasteiger partial charge in [-0.15, -0.1) is 0 Å². The van der Waals surface area contributed by atoms with E-state index < -0.39 is 0 Å². The zero-order valence-electron chi connectivity index (χ0n) is 10.3. The lowest BCUT2D eigenvalue weighted by Gasteiger charge is -2.34. The Balaban J connectivity index is 2.33. The van der Waals surface area contributed by atoms with Gasteiger partial charge >= 0.3 is 0 Å². The van der Waals surface area contributed by atoms with Crippen LogP contribution in [0.5, 0.6) is 23.0 Å². The van der Waals surface area contributed by atoms with Gasteiger partial charge in [-0.3, -0.25) is 0 Å². The van der Waals surface area contributed by atoms with Crippen LogP contribution in [0.1, 0.15) is 25.0 Å². The molecule has 0 aromatic heterocycles. The molecule has 0 atom stereocenters. The van der Waals surface area contributed by atoms with Crippen molar-refractivity contribution in [2.75, 3.05) is 0 Å². The van der Waals surface area contributed by atoms with Gasteiger partial charge in [0, 0.05) is 16.5 Å². The number of phenolic OH excluding ortho intramolecular Hbond substituents is 2. The number of para-hydroxylation sites is 2. The van der Waals surface area contributed by atoms with E-state index in [0.29, 0.717) is 11.5 Å². The van der Waals surface area contributed by atoms with E-state index in [9.17, 15) is 10.2 Å². The van der Waals surface area contributed by atoms with Crippen molar-refractivity contribution in [1.82, 2.24) is 0 Å². The van der Waals surface area contributed by atoms with Crippen LogP contribution in [0.25, 0.3) is 0 Å². The van der Waals surface area contributed by atoms with E-state index in [1.165, 1.54) is 0 Å². The predicted octanol–water partition coefficient (Wildman–Crippen LogP) is 3.53. The van der Waals surface area contributed by atoms with Gasteiger partial charge in [0.25, 0.3) is 0 Å². The standard InChI is InChI=1S/C15H14O3/c1-15(2)9-5-3-7-11(16)13(9)18-14-10(15)6-4-8-12(14)17/h3-8,16-17H,1-2H3. The summed E-state index contributed by atoms with van der Waals surface area (Å²) in [6, 6.07) is 10.6. The monoisotopic (exact) mass is 242 g/mol. The van der Waals surface area contributed by atoms with Crippen LogP contribution in [0.3, 0.4) is 0 Å². The van der Waals surface area contributed by atoms with E-state index in [1.807, 2.05) is 26.0 Å². The maximum absolute atomic E-state index is 9.90. The molecule has 3 heteroatoms. The number of hydrogen-bond acceptors (Lipinski definition) is 3. The first-order valence-corrected chi connectivity index (χ1v) is 5.84. The summed E-state index contributed by atoms with van der Waals surface area (Å²) in [7, 11) is 0. The average molecular weight is 242 g/mol. The molecule has 3 rings (SSSR count). The van der Waals surface area contributed by atoms with Crippen molar-refractivity contribution in [3.05, 3.63) is 47.5 Å². The Bertz CT molecular complexity index is 576. The van der Waals surface area contributed by atoms with E-state index in [0.717, 1.165) is 11.1 Å². The average Bonchev–Trinajstić information content (AvgIpc) is 2.32. The molecule has 2 N–H and O–H groups in total. The first-order chi connectivity index (χ1) is 8.51. The number of ether oxygens (including phenoxy) is 1. The maximum Gasteiger partial charge on any atom is 0.173 e. The second-order valence-electron chi connectivity index (χ2n) is 5.03. The topological polar surface area (TPSA) is 49.7 Å². The van der Waals surface area contributed by atoms with Crippen molar-refractivity contribution < 1.29 is 14.9 Å². The summed E-state index contributed by atoms with van der Waals surface area (Å²) in [6.45, 7) is 4.10. The van der Waals surface area contributed by atoms with Crippen LogP contribution in [0.4, 0.5) is 0 Å². The Labute approximate surface area is 105 Å². The SMILES string of the molecule is CC1(C)c2cccc(O)c2Oc2c(O)cccc21. The summed E-state index contributed by atoms with van der Waals surface area (Å²) in [5, 5.41) is 19.8. The fourth-order valence-electron chi connectivity index (χ4n) is 2.50. The van der Waals surface area contributed by atoms with E-state index in [4.69, 9.17) is 4.74 Å². The highest BCUT2D eigenvalue weighted by atomic mass is 16.5. The molecule has 0 spiro atoms. The van der Waals surface area contributed by atoms with Crippen LogP contribution in [0, 0.1) is 0 Å². The summed E-state index contributed by atoms with van der Waals surface area (Å²) in [6.07, 6.45) is 0. The Kier molecular flexibility index (Phi) is 2.08. The van der Waals surface area contributed by atoms with Crippen LogP contribution in [0.15, 0.2) is 36.4 Å². The van der Waals surface area contributed by atoms with Gasteiger partial charge in [0.2, 0.25) is 0 Å². The molecule has 0 unspecified atom stereocenters. The minimum atomic E-state index is -0.319. The van der Waals surface area contributed by atoms with Gasteiger partial charge in [0.1, 0.15) is 0 Å². The molecule has 2 aromatic carbocycles. The van der Waals surface area contributed by atoms with Crippen molar-refractivity contribution >= 4 is 0 Å². The summed E-state index contributed by atoms with van der Waals surface area (Å²) < 4.78 is 5.67. The first-order valence-electron chi connectivity index (χ1n) is 5.84. The second kappa shape index (κ2) is 3.42. The molecule has 1 aliphatic rings. The van der Waals surface area contributed by atoms with E-state index in [1.54, 1.807) is 24.3 Å². The van der Waals surface area contributed by atoms with Gasteiger partial charge in [-0.1, -0.05) is 38.1 Å². The second-order valence-corrected chi connectivity index (χ2v) is 5.03. The number of phenols is 2. The summed E-state index contributed by atoms with van der Waals surface area (Å²) in [4.78, 5) is 0. The third-order valence-electron chi connectivity index (χ3n) is 3.54. The molecule has 0 saturated carbocycles. The molecule has 0 radical (unpaired) electrons. The largest absolute Gasteiger partial charge is 0.504 e. The van der Waals surface area contributed by atoms with Gasteiger partial charge in [-0.25, -0.2) is 0 Å². The molecule has 92 valence electrons. The number of benzene rings is 2. The molecule has 0 aliphatic carbocycles. The van der Waals surface area contributed by atoms with Crippen LogP contribution in [-0.2, 0) is 5.41 Å². The van der Waals surface area contributed by atoms with Gasteiger partial charge in [-0.2, -0.15) is 0 Å². The highest BCUT2D eigenvalue weighted by Gasteiger charge is 2.36. The number of rotatable bonds is 0. The van der Waals surface area contributed by atoms with Crippen LogP contribution < -0.4 is 4.74 Å². The molecule has 2 aromatic rings. The Morgan fingerprint density at radius 2 is 1.28 bits per heavy atom. The fraction of sp³-hybridized carbons (Fsp3) is 0.200. The molecule has 0 bridgehead atoms. The summed E-state index contributed by atoms with van der Waals surface area (Å²) >= 11 is 0. The van der Waals surface area contributed by atoms with Crippen LogP contribution in [-0.4, -0.2) is 10.2 Å². The molecule has 1 heterocycles. The van der Waals surface area contributed by atoms with Crippen molar-refractivity contribution in [2.24, 2.45) is 0 Å². The molecule has 0 fully saturated rings. The summed E-state index contributed by atoms with van der Waals surface area (Å²) in [5.41, 5.74) is 1.52. The van der Waals surface area contributed by atoms with Gasteiger partial charge < -0.3 is 14.9 Å². The smallest absolute Gasteiger partial charge is 0.173 e. The van der Waals surface area contributed by atoms with E-state index >= 15 is 0 Å². The zero-order chi connectivity index (χ0) is 12.9. The molecule has 3 nitrogen and oxygen atoms in total. The minimum Gasteiger partial charge on any atom is -0.504 e. The molecule has 0 amide bonds. The third-order valence-corrected chi connectivity index (χ3v) is 3.54. The lowest BCUT2D eigenvalue weighted by atomic mass is 9.75. The van der Waals surface area contributed by atoms with Gasteiger partial charge in [0.15, 0.2) is 23.0 Å². The lowest BCUT2D eigenvalue weighted by Crippen LogP contribution is -2.24. The Morgan fingerprint density at radius 3 is 1.72 bits per heavy atom. The van der Waals surface area contributed by atoms with E-state index in [-0.39, 0.29) is 16.9 Å². The fourth-order valence-corrected chi connectivity index (χ4v) is 2.50. The molecule has 18 heavy (non-hydrogen) atoms. The van der Waals surface area contributed by atoms with Crippen molar-refractivity contribution in [3.8, 4) is 23.0 Å². The Morgan fingerprint density at radius 1 is 0.833 bits per heavy atom. The van der Waals surface area contributed by atoms with Crippen LogP contribution >= 0.6 is 0 Å². The minimum absolute atomic E-state index is 0.0921. The predicted molar refractivity (Wildman–Crippen MR) is 68.4 cm³/mol. The third kappa shape index (κ3) is 1.30. The number of fused-ring (bicyclic) bond motifs is 2. The van der Waals surface area contributed by atoms with Gasteiger partial charge in [0.05, 0.1) is 0 Å². The first kappa shape index (κ1) is 11.0. The molecular formula is C15H14O3. The molecule has 0 saturated heterocycles. The maximum atomic E-state index is 9.90. The van der Waals surface area contributed by atoms with Crippen molar-refractivity contribution in [2.45, 2.75) is 19.3 Å². The number of hydrogen-bond donors (Lipinski definition) is 2.